The van der Waals surface area contributed by atoms with Crippen LogP contribution in [0.1, 0.15) is 20.7 Å². The highest BCUT2D eigenvalue weighted by molar-refractivity contribution is 6.22. The zero-order valence-corrected chi connectivity index (χ0v) is 15.5. The number of carboxylic acid groups (broad SMARTS) is 1. The molecule has 0 unspecified atom stereocenters. The predicted octanol–water partition coefficient (Wildman–Crippen LogP) is 1.47. The number of carboxylic acids is 1. The first-order chi connectivity index (χ1) is 13.3. The number of rotatable bonds is 6. The van der Waals surface area contributed by atoms with Crippen molar-refractivity contribution in [2.24, 2.45) is 0 Å². The van der Waals surface area contributed by atoms with Crippen molar-refractivity contribution in [3.05, 3.63) is 59.7 Å². The van der Waals surface area contributed by atoms with Crippen LogP contribution >= 0.6 is 0 Å². The summed E-state index contributed by atoms with van der Waals surface area (Å²) in [6.07, 6.45) is 0. The van der Waals surface area contributed by atoms with Crippen LogP contribution in [-0.2, 0) is 9.59 Å². The first kappa shape index (κ1) is 19.1. The van der Waals surface area contributed by atoms with Gasteiger partial charge in [0.05, 0.1) is 11.1 Å². The number of anilines is 2. The number of fused-ring (bicyclic) bond motifs is 1. The zero-order chi connectivity index (χ0) is 20.4. The maximum Gasteiger partial charge on any atom is 0.323 e. The van der Waals surface area contributed by atoms with Crippen molar-refractivity contribution in [2.75, 3.05) is 37.0 Å². The Morgan fingerprint density at radius 3 is 1.86 bits per heavy atom. The van der Waals surface area contributed by atoms with Gasteiger partial charge in [-0.3, -0.25) is 29.0 Å². The van der Waals surface area contributed by atoms with E-state index >= 15 is 0 Å². The van der Waals surface area contributed by atoms with Gasteiger partial charge in [0, 0.05) is 25.5 Å². The molecule has 1 N–H and O–H groups in total. The third-order valence-electron chi connectivity index (χ3n) is 4.44. The summed E-state index contributed by atoms with van der Waals surface area (Å²) in [5, 5.41) is 9.19. The number of hydrogen-bond donors (Lipinski definition) is 1. The van der Waals surface area contributed by atoms with Crippen LogP contribution in [0.3, 0.4) is 0 Å². The second-order valence-corrected chi connectivity index (χ2v) is 6.53. The molecule has 1 aliphatic heterocycles. The molecule has 0 saturated heterocycles. The van der Waals surface area contributed by atoms with Crippen LogP contribution in [-0.4, -0.2) is 60.9 Å². The lowest BCUT2D eigenvalue weighted by atomic mass is 10.1. The average molecular weight is 381 g/mol. The molecule has 1 aliphatic rings. The Kier molecular flexibility index (Phi) is 5.12. The molecule has 0 fully saturated rings. The van der Waals surface area contributed by atoms with Gasteiger partial charge in [-0.25, -0.2) is 0 Å². The molecule has 0 atom stereocenters. The standard InChI is InChI=1S/C20H19N3O5/c1-21(2)13-7-9-14(10-8-13)22(12-18(25)26)17(24)11-23-19(27)15-5-3-4-6-16(15)20(23)28/h3-10H,11-12H2,1-2H3,(H,25,26). The Labute approximate surface area is 161 Å². The van der Waals surface area contributed by atoms with Crippen molar-refractivity contribution >= 4 is 35.1 Å². The average Bonchev–Trinajstić information content (AvgIpc) is 2.91. The molecule has 3 amide bonds. The summed E-state index contributed by atoms with van der Waals surface area (Å²) in [6.45, 7) is -1.11. The molecule has 0 aliphatic carbocycles. The van der Waals surface area contributed by atoms with Crippen LogP contribution in [0.15, 0.2) is 48.5 Å². The van der Waals surface area contributed by atoms with E-state index in [0.29, 0.717) is 5.69 Å². The first-order valence-electron chi connectivity index (χ1n) is 8.54. The maximum atomic E-state index is 12.8. The monoisotopic (exact) mass is 381 g/mol. The highest BCUT2D eigenvalue weighted by Crippen LogP contribution is 2.24. The van der Waals surface area contributed by atoms with Gasteiger partial charge in [-0.15, -0.1) is 0 Å². The van der Waals surface area contributed by atoms with Crippen LogP contribution in [0.2, 0.25) is 0 Å². The Balaban J connectivity index is 1.84. The minimum Gasteiger partial charge on any atom is -0.480 e. The topological polar surface area (TPSA) is 98.2 Å². The Bertz CT molecular complexity index is 918. The molecule has 144 valence electrons. The normalized spacial score (nSPS) is 12.7. The summed E-state index contributed by atoms with van der Waals surface area (Å²) in [6, 6.07) is 13.1. The van der Waals surface area contributed by atoms with Gasteiger partial charge in [0.2, 0.25) is 5.91 Å². The molecule has 0 aromatic heterocycles. The number of nitrogens with zero attached hydrogens (tertiary/aromatic N) is 3. The van der Waals surface area contributed by atoms with E-state index in [-0.39, 0.29) is 11.1 Å². The van der Waals surface area contributed by atoms with Gasteiger partial charge in [-0.05, 0) is 36.4 Å². The molecule has 2 aromatic carbocycles. The van der Waals surface area contributed by atoms with Gasteiger partial charge >= 0.3 is 5.97 Å². The molecule has 2 aromatic rings. The molecule has 8 nitrogen and oxygen atoms in total. The largest absolute Gasteiger partial charge is 0.480 e. The Morgan fingerprint density at radius 2 is 1.39 bits per heavy atom. The van der Waals surface area contributed by atoms with E-state index in [2.05, 4.69) is 0 Å². The van der Waals surface area contributed by atoms with Crippen molar-refractivity contribution in [3.63, 3.8) is 0 Å². The SMILES string of the molecule is CN(C)c1ccc(N(CC(=O)O)C(=O)CN2C(=O)c3ccccc3C2=O)cc1. The van der Waals surface area contributed by atoms with E-state index < -0.39 is 36.8 Å². The quantitative estimate of drug-likeness (QED) is 0.761. The van der Waals surface area contributed by atoms with E-state index in [4.69, 9.17) is 0 Å². The first-order valence-corrected chi connectivity index (χ1v) is 8.54. The van der Waals surface area contributed by atoms with E-state index in [1.54, 1.807) is 36.4 Å². The highest BCUT2D eigenvalue weighted by atomic mass is 16.4. The zero-order valence-electron chi connectivity index (χ0n) is 15.5. The minimum atomic E-state index is -1.20. The van der Waals surface area contributed by atoms with E-state index in [0.717, 1.165) is 15.5 Å². The van der Waals surface area contributed by atoms with E-state index in [1.165, 1.54) is 12.1 Å². The lowest BCUT2D eigenvalue weighted by Crippen LogP contribution is -2.44. The minimum absolute atomic E-state index is 0.237. The van der Waals surface area contributed by atoms with Crippen molar-refractivity contribution in [1.82, 2.24) is 4.90 Å². The summed E-state index contributed by atoms with van der Waals surface area (Å²) in [7, 11) is 3.72. The van der Waals surface area contributed by atoms with Crippen LogP contribution in [0, 0.1) is 0 Å². The molecule has 0 bridgehead atoms. The van der Waals surface area contributed by atoms with E-state index in [1.807, 2.05) is 19.0 Å². The second-order valence-electron chi connectivity index (χ2n) is 6.53. The molecular weight excluding hydrogens is 362 g/mol. The molecule has 0 spiro atoms. The smallest absolute Gasteiger partial charge is 0.323 e. The summed E-state index contributed by atoms with van der Waals surface area (Å²) in [5.74, 6) is -2.98. The number of carbonyl (C=O) groups is 4. The van der Waals surface area contributed by atoms with Gasteiger partial charge in [-0.1, -0.05) is 12.1 Å². The fourth-order valence-corrected chi connectivity index (χ4v) is 2.99. The summed E-state index contributed by atoms with van der Waals surface area (Å²) < 4.78 is 0. The summed E-state index contributed by atoms with van der Waals surface area (Å²) >= 11 is 0. The van der Waals surface area contributed by atoms with Crippen molar-refractivity contribution in [2.45, 2.75) is 0 Å². The van der Waals surface area contributed by atoms with Crippen molar-refractivity contribution in [3.8, 4) is 0 Å². The predicted molar refractivity (Wildman–Crippen MR) is 103 cm³/mol. The fraction of sp³-hybridized carbons (Fsp3) is 0.200. The second kappa shape index (κ2) is 7.51. The summed E-state index contributed by atoms with van der Waals surface area (Å²) in [5.41, 5.74) is 1.72. The number of amides is 3. The van der Waals surface area contributed by atoms with Crippen LogP contribution in [0.4, 0.5) is 11.4 Å². The number of hydrogen-bond acceptors (Lipinski definition) is 5. The number of imide groups is 1. The van der Waals surface area contributed by atoms with Crippen molar-refractivity contribution < 1.29 is 24.3 Å². The third-order valence-corrected chi connectivity index (χ3v) is 4.44. The number of benzene rings is 2. The van der Waals surface area contributed by atoms with Gasteiger partial charge in [0.25, 0.3) is 11.8 Å². The van der Waals surface area contributed by atoms with Crippen LogP contribution in [0.25, 0.3) is 0 Å². The maximum absolute atomic E-state index is 12.8. The van der Waals surface area contributed by atoms with Gasteiger partial charge in [0.15, 0.2) is 0 Å². The number of aliphatic carboxylic acids is 1. The Hall–Kier alpha value is -3.68. The molecular formula is C20H19N3O5. The molecule has 1 heterocycles. The molecule has 0 saturated carbocycles. The molecule has 3 rings (SSSR count). The lowest BCUT2D eigenvalue weighted by Gasteiger charge is -2.24. The summed E-state index contributed by atoms with van der Waals surface area (Å²) in [4.78, 5) is 52.7. The lowest BCUT2D eigenvalue weighted by molar-refractivity contribution is -0.136. The third kappa shape index (κ3) is 3.57. The molecule has 8 heteroatoms. The van der Waals surface area contributed by atoms with Crippen LogP contribution < -0.4 is 9.80 Å². The van der Waals surface area contributed by atoms with Gasteiger partial charge in [-0.2, -0.15) is 0 Å². The Morgan fingerprint density at radius 1 is 0.893 bits per heavy atom. The molecule has 0 radical (unpaired) electrons. The highest BCUT2D eigenvalue weighted by Gasteiger charge is 2.37. The van der Waals surface area contributed by atoms with Gasteiger partial charge < -0.3 is 10.0 Å². The van der Waals surface area contributed by atoms with Crippen molar-refractivity contribution in [1.29, 1.82) is 0 Å². The van der Waals surface area contributed by atoms with Crippen LogP contribution in [0.5, 0.6) is 0 Å². The molecule has 28 heavy (non-hydrogen) atoms. The number of carbonyl (C=O) groups excluding carboxylic acids is 3. The fourth-order valence-electron chi connectivity index (χ4n) is 2.99. The van der Waals surface area contributed by atoms with E-state index in [9.17, 15) is 24.3 Å². The van der Waals surface area contributed by atoms with Gasteiger partial charge in [0.1, 0.15) is 13.1 Å².